The number of hydrogen-bond acceptors (Lipinski definition) is 4. The molecule has 9 heteroatoms. The molecule has 4 amide bonds. The first-order valence-electron chi connectivity index (χ1n) is 14.0. The van der Waals surface area contributed by atoms with Gasteiger partial charge in [-0.2, -0.15) is 0 Å². The molecule has 1 aliphatic carbocycles. The molecule has 0 aromatic heterocycles. The van der Waals surface area contributed by atoms with Crippen LogP contribution in [-0.4, -0.2) is 71.7 Å². The summed E-state index contributed by atoms with van der Waals surface area (Å²) in [7, 11) is 1.79. The third-order valence-electron chi connectivity index (χ3n) is 8.52. The monoisotopic (exact) mass is 538 g/mol. The average molecular weight is 539 g/mol. The van der Waals surface area contributed by atoms with Gasteiger partial charge in [0, 0.05) is 17.6 Å². The van der Waals surface area contributed by atoms with Gasteiger partial charge in [-0.15, -0.1) is 0 Å². The number of amides is 4. The van der Waals surface area contributed by atoms with Crippen molar-refractivity contribution in [2.24, 2.45) is 16.7 Å². The molecule has 0 bridgehead atoms. The Hall–Kier alpha value is -3.23. The molecule has 3 N–H and O–H groups in total. The zero-order chi connectivity index (χ0) is 28.9. The number of carbonyl (C=O) groups is 4. The SMILES string of the molecule is C=[N+](C)[C@@H]1C[C@@]2(CN1C(=O)[C@H](CC(C)C)NC(=O)[C@@H](NC(=O)C1(C)CC1)C(C)(C)C)C(=O)Nc1ccccc12. The number of benzene rings is 1. The van der Waals surface area contributed by atoms with Gasteiger partial charge in [-0.25, -0.2) is 4.58 Å². The van der Waals surface area contributed by atoms with Crippen molar-refractivity contribution in [1.82, 2.24) is 15.5 Å². The fourth-order valence-electron chi connectivity index (χ4n) is 5.78. The highest BCUT2D eigenvalue weighted by molar-refractivity contribution is 6.07. The van der Waals surface area contributed by atoms with E-state index in [0.717, 1.165) is 24.1 Å². The number of rotatable bonds is 8. The number of fused-ring (bicyclic) bond motifs is 2. The van der Waals surface area contributed by atoms with Crippen molar-refractivity contribution in [1.29, 1.82) is 0 Å². The van der Waals surface area contributed by atoms with Crippen LogP contribution >= 0.6 is 0 Å². The molecular formula is C30H44N5O4+. The molecule has 4 atom stereocenters. The molecule has 3 aliphatic rings. The van der Waals surface area contributed by atoms with Gasteiger partial charge in [0.2, 0.25) is 29.8 Å². The maximum absolute atomic E-state index is 14.2. The lowest BCUT2D eigenvalue weighted by molar-refractivity contribution is -0.549. The third-order valence-corrected chi connectivity index (χ3v) is 8.52. The number of nitrogens with zero attached hydrogens (tertiary/aromatic N) is 2. The lowest BCUT2D eigenvalue weighted by atomic mass is 9.80. The first kappa shape index (κ1) is 28.8. The first-order valence-corrected chi connectivity index (χ1v) is 14.0. The smallest absolute Gasteiger partial charge is 0.250 e. The summed E-state index contributed by atoms with van der Waals surface area (Å²) in [6.07, 6.45) is 2.02. The molecule has 1 aromatic carbocycles. The van der Waals surface area contributed by atoms with Gasteiger partial charge in [0.15, 0.2) is 0 Å². The number of para-hydroxylation sites is 1. The lowest BCUT2D eigenvalue weighted by Gasteiger charge is -2.34. The van der Waals surface area contributed by atoms with Gasteiger partial charge in [-0.3, -0.25) is 24.1 Å². The summed E-state index contributed by atoms with van der Waals surface area (Å²) in [5.74, 6) is -0.763. The van der Waals surface area contributed by atoms with E-state index in [2.05, 4.69) is 22.7 Å². The minimum Gasteiger partial charge on any atom is -0.343 e. The average Bonchev–Trinajstić information content (AvgIpc) is 3.36. The van der Waals surface area contributed by atoms with Crippen LogP contribution in [0.25, 0.3) is 0 Å². The van der Waals surface area contributed by atoms with Crippen LogP contribution in [0.1, 0.15) is 72.8 Å². The molecular weight excluding hydrogens is 494 g/mol. The Morgan fingerprint density at radius 2 is 1.82 bits per heavy atom. The van der Waals surface area contributed by atoms with Crippen LogP contribution in [0, 0.1) is 16.7 Å². The summed E-state index contributed by atoms with van der Waals surface area (Å²) in [6.45, 7) is 15.9. The summed E-state index contributed by atoms with van der Waals surface area (Å²) in [6, 6.07) is 5.98. The van der Waals surface area contributed by atoms with Gasteiger partial charge < -0.3 is 16.0 Å². The van der Waals surface area contributed by atoms with Crippen LogP contribution in [-0.2, 0) is 24.6 Å². The maximum atomic E-state index is 14.2. The zero-order valence-electron chi connectivity index (χ0n) is 24.4. The van der Waals surface area contributed by atoms with E-state index >= 15 is 0 Å². The molecule has 4 rings (SSSR count). The van der Waals surface area contributed by atoms with Gasteiger partial charge >= 0.3 is 0 Å². The molecule has 212 valence electrons. The highest BCUT2D eigenvalue weighted by Gasteiger charge is 2.59. The van der Waals surface area contributed by atoms with Gasteiger partial charge in [0.1, 0.15) is 31.3 Å². The topological polar surface area (TPSA) is 111 Å². The predicted octanol–water partition coefficient (Wildman–Crippen LogP) is 2.64. The van der Waals surface area contributed by atoms with Gasteiger partial charge in [0.25, 0.3) is 0 Å². The highest BCUT2D eigenvalue weighted by Crippen LogP contribution is 2.47. The van der Waals surface area contributed by atoms with Crippen LogP contribution in [0.5, 0.6) is 0 Å². The molecule has 1 aromatic rings. The van der Waals surface area contributed by atoms with Crippen LogP contribution in [0.2, 0.25) is 0 Å². The highest BCUT2D eigenvalue weighted by atomic mass is 16.2. The summed E-state index contributed by atoms with van der Waals surface area (Å²) in [5, 5.41) is 8.94. The predicted molar refractivity (Wildman–Crippen MR) is 150 cm³/mol. The second-order valence-corrected chi connectivity index (χ2v) is 13.5. The van der Waals surface area contributed by atoms with Crippen molar-refractivity contribution >= 4 is 36.0 Å². The van der Waals surface area contributed by atoms with Crippen LogP contribution in [0.3, 0.4) is 0 Å². The molecule has 2 heterocycles. The van der Waals surface area contributed by atoms with Gasteiger partial charge in [-0.05, 0) is 42.2 Å². The van der Waals surface area contributed by atoms with Crippen LogP contribution < -0.4 is 16.0 Å². The molecule has 9 nitrogen and oxygen atoms in total. The van der Waals surface area contributed by atoms with E-state index in [4.69, 9.17) is 0 Å². The maximum Gasteiger partial charge on any atom is 0.250 e. The fraction of sp³-hybridized carbons (Fsp3) is 0.633. The van der Waals surface area contributed by atoms with E-state index in [1.165, 1.54) is 0 Å². The van der Waals surface area contributed by atoms with Crippen LogP contribution in [0.4, 0.5) is 5.69 Å². The second kappa shape index (κ2) is 10.1. The van der Waals surface area contributed by atoms with Crippen molar-refractivity contribution in [2.45, 2.75) is 90.9 Å². The first-order chi connectivity index (χ1) is 18.1. The van der Waals surface area contributed by atoms with E-state index in [1.807, 2.05) is 65.8 Å². The summed E-state index contributed by atoms with van der Waals surface area (Å²) < 4.78 is 1.71. The lowest BCUT2D eigenvalue weighted by Crippen LogP contribution is -2.59. The molecule has 1 saturated carbocycles. The Balaban J connectivity index is 1.61. The second-order valence-electron chi connectivity index (χ2n) is 13.5. The van der Waals surface area contributed by atoms with E-state index < -0.39 is 34.5 Å². The molecule has 1 spiro atoms. The molecule has 39 heavy (non-hydrogen) atoms. The molecule has 0 unspecified atom stereocenters. The summed E-state index contributed by atoms with van der Waals surface area (Å²) >= 11 is 0. The van der Waals surface area contributed by atoms with Crippen molar-refractivity contribution in [2.75, 3.05) is 18.9 Å². The number of likely N-dealkylation sites (tertiary alicyclic amines) is 1. The Labute approximate surface area is 231 Å². The van der Waals surface area contributed by atoms with Gasteiger partial charge in [0.05, 0.1) is 6.42 Å². The Morgan fingerprint density at radius 1 is 1.18 bits per heavy atom. The van der Waals surface area contributed by atoms with Crippen molar-refractivity contribution in [3.05, 3.63) is 29.8 Å². The summed E-state index contributed by atoms with van der Waals surface area (Å²) in [5.41, 5.74) is -0.217. The number of carbonyl (C=O) groups excluding carboxylic acids is 4. The normalized spacial score (nSPS) is 24.7. The zero-order valence-corrected chi connectivity index (χ0v) is 24.4. The largest absolute Gasteiger partial charge is 0.343 e. The third kappa shape index (κ3) is 5.45. The quantitative estimate of drug-likeness (QED) is 0.349. The van der Waals surface area contributed by atoms with Gasteiger partial charge in [-0.1, -0.05) is 59.7 Å². The minimum absolute atomic E-state index is 0.121. The van der Waals surface area contributed by atoms with E-state index in [-0.39, 0.29) is 36.1 Å². The molecule has 2 aliphatic heterocycles. The fourth-order valence-corrected chi connectivity index (χ4v) is 5.78. The number of hydrogen-bond donors (Lipinski definition) is 3. The van der Waals surface area contributed by atoms with E-state index in [1.54, 1.807) is 16.5 Å². The minimum atomic E-state index is -0.878. The Kier molecular flexibility index (Phi) is 7.42. The Morgan fingerprint density at radius 3 is 2.38 bits per heavy atom. The number of nitrogens with one attached hydrogen (secondary N) is 3. The molecule has 2 fully saturated rings. The van der Waals surface area contributed by atoms with Crippen molar-refractivity contribution in [3.63, 3.8) is 0 Å². The van der Waals surface area contributed by atoms with E-state index in [9.17, 15) is 19.2 Å². The standard InChI is InChI=1S/C30H43N5O4/c1-18(2)15-21(31-24(36)23(28(3,4)5)33-26(38)29(6)13-14-29)25(37)35-17-30(16-22(35)34(7)8)19-11-9-10-12-20(19)32-27(30)39/h9-12,18,21-23H,7,13-17H2,1-6,8H3,(H2-,31,32,33,36,38,39)/p+1/t21-,22-,23+,30-/m0/s1. The molecule has 0 radical (unpaired) electrons. The van der Waals surface area contributed by atoms with Crippen molar-refractivity contribution in [3.8, 4) is 0 Å². The van der Waals surface area contributed by atoms with Crippen molar-refractivity contribution < 1.29 is 23.8 Å². The summed E-state index contributed by atoms with van der Waals surface area (Å²) in [4.78, 5) is 55.7. The molecule has 1 saturated heterocycles. The number of anilines is 1. The Bertz CT molecular complexity index is 1200. The van der Waals surface area contributed by atoms with Crippen LogP contribution in [0.15, 0.2) is 24.3 Å². The van der Waals surface area contributed by atoms with E-state index in [0.29, 0.717) is 12.8 Å².